The largest absolute Gasteiger partial charge is 0.242 e. The van der Waals surface area contributed by atoms with Crippen molar-refractivity contribution in [2.45, 2.75) is 6.92 Å². The summed E-state index contributed by atoms with van der Waals surface area (Å²) < 4.78 is 13.5. The Morgan fingerprint density at radius 3 is 2.67 bits per heavy atom. The summed E-state index contributed by atoms with van der Waals surface area (Å²) in [5, 5.41) is 0. The van der Waals surface area contributed by atoms with Crippen LogP contribution in [0.4, 0.5) is 4.39 Å². The van der Waals surface area contributed by atoms with Crippen LogP contribution in [0.1, 0.15) is 5.69 Å². The first-order valence-electron chi connectivity index (χ1n) is 4.41. The highest BCUT2D eigenvalue weighted by Gasteiger charge is 2.03. The lowest BCUT2D eigenvalue weighted by atomic mass is 10.1. The molecule has 0 saturated carbocycles. The predicted octanol–water partition coefficient (Wildman–Crippen LogP) is 3.35. The Morgan fingerprint density at radius 1 is 1.20 bits per heavy atom. The molecule has 0 amide bonds. The van der Waals surface area contributed by atoms with Crippen LogP contribution in [0.5, 0.6) is 0 Å². The average molecular weight is 267 g/mol. The van der Waals surface area contributed by atoms with Gasteiger partial charge in [-0.25, -0.2) is 14.4 Å². The molecule has 0 aliphatic heterocycles. The Balaban J connectivity index is 2.50. The van der Waals surface area contributed by atoms with E-state index in [1.54, 1.807) is 12.1 Å². The van der Waals surface area contributed by atoms with Crippen molar-refractivity contribution >= 4 is 15.9 Å². The number of hydrogen-bond acceptors (Lipinski definition) is 2. The Bertz CT molecular complexity index is 500. The third-order valence-electron chi connectivity index (χ3n) is 2.02. The fourth-order valence-electron chi connectivity index (χ4n) is 1.27. The molecule has 0 saturated heterocycles. The van der Waals surface area contributed by atoms with Crippen LogP contribution in [0, 0.1) is 12.7 Å². The number of aromatic nitrogens is 2. The van der Waals surface area contributed by atoms with E-state index >= 15 is 0 Å². The van der Waals surface area contributed by atoms with Gasteiger partial charge in [0.15, 0.2) is 0 Å². The maximum absolute atomic E-state index is 13.0. The molecule has 1 heterocycles. The Morgan fingerprint density at radius 2 is 2.00 bits per heavy atom. The molecule has 1 aromatic carbocycles. The number of rotatable bonds is 1. The summed E-state index contributed by atoms with van der Waals surface area (Å²) in [7, 11) is 0. The summed E-state index contributed by atoms with van der Waals surface area (Å²) in [6.45, 7) is 1.89. The molecule has 1 aromatic heterocycles. The number of nitrogens with zero attached hydrogens (tertiary/aromatic N) is 2. The van der Waals surface area contributed by atoms with Crippen molar-refractivity contribution < 1.29 is 4.39 Å². The molecule has 0 radical (unpaired) electrons. The quantitative estimate of drug-likeness (QED) is 0.791. The third-order valence-corrected chi connectivity index (χ3v) is 2.63. The molecule has 0 aliphatic rings. The first-order chi connectivity index (χ1) is 7.16. The van der Waals surface area contributed by atoms with E-state index in [0.29, 0.717) is 4.47 Å². The van der Waals surface area contributed by atoms with Gasteiger partial charge in [0.25, 0.3) is 0 Å². The summed E-state index contributed by atoms with van der Waals surface area (Å²) >= 11 is 3.14. The van der Waals surface area contributed by atoms with Gasteiger partial charge in [-0.2, -0.15) is 0 Å². The molecule has 0 fully saturated rings. The Kier molecular flexibility index (Phi) is 2.77. The summed E-state index contributed by atoms with van der Waals surface area (Å²) in [6, 6.07) is 6.68. The summed E-state index contributed by atoms with van der Waals surface area (Å²) in [4.78, 5) is 8.13. The van der Waals surface area contributed by atoms with Gasteiger partial charge >= 0.3 is 0 Å². The maximum Gasteiger partial charge on any atom is 0.137 e. The monoisotopic (exact) mass is 266 g/mol. The van der Waals surface area contributed by atoms with Crippen LogP contribution in [-0.4, -0.2) is 9.97 Å². The van der Waals surface area contributed by atoms with Crippen LogP contribution in [0.2, 0.25) is 0 Å². The molecule has 0 N–H and O–H groups in total. The van der Waals surface area contributed by atoms with E-state index in [4.69, 9.17) is 0 Å². The van der Waals surface area contributed by atoms with Crippen molar-refractivity contribution in [3.63, 3.8) is 0 Å². The zero-order valence-corrected chi connectivity index (χ0v) is 9.62. The SMILES string of the molecule is Cc1cc(-c2ccc(F)c(Br)c2)ncn1. The molecular formula is C11H8BrFN2. The minimum absolute atomic E-state index is 0.274. The van der Waals surface area contributed by atoms with Crippen molar-refractivity contribution in [2.24, 2.45) is 0 Å². The Labute approximate surface area is 95.3 Å². The van der Waals surface area contributed by atoms with Crippen molar-refractivity contribution in [1.82, 2.24) is 9.97 Å². The number of hydrogen-bond donors (Lipinski definition) is 0. The molecule has 15 heavy (non-hydrogen) atoms. The van der Waals surface area contributed by atoms with Gasteiger partial charge in [-0.15, -0.1) is 0 Å². The zero-order valence-electron chi connectivity index (χ0n) is 8.04. The first kappa shape index (κ1) is 10.2. The van der Waals surface area contributed by atoms with Crippen molar-refractivity contribution in [1.29, 1.82) is 0 Å². The average Bonchev–Trinajstić information content (AvgIpc) is 2.22. The highest BCUT2D eigenvalue weighted by atomic mass is 79.9. The lowest BCUT2D eigenvalue weighted by Crippen LogP contribution is -1.88. The second-order valence-electron chi connectivity index (χ2n) is 3.17. The molecule has 0 spiro atoms. The Hall–Kier alpha value is -1.29. The number of aryl methyl sites for hydroxylation is 1. The van der Waals surface area contributed by atoms with Gasteiger partial charge < -0.3 is 0 Å². The van der Waals surface area contributed by atoms with E-state index in [9.17, 15) is 4.39 Å². The molecule has 0 unspecified atom stereocenters. The summed E-state index contributed by atoms with van der Waals surface area (Å²) in [5.41, 5.74) is 2.55. The highest BCUT2D eigenvalue weighted by molar-refractivity contribution is 9.10. The minimum Gasteiger partial charge on any atom is -0.242 e. The van der Waals surface area contributed by atoms with Gasteiger partial charge in [-0.1, -0.05) is 0 Å². The fourth-order valence-corrected chi connectivity index (χ4v) is 1.65. The van der Waals surface area contributed by atoms with Gasteiger partial charge in [-0.05, 0) is 47.1 Å². The molecule has 2 aromatic rings. The van der Waals surface area contributed by atoms with Gasteiger partial charge in [0.2, 0.25) is 0 Å². The normalized spacial score (nSPS) is 10.3. The lowest BCUT2D eigenvalue weighted by molar-refractivity contribution is 0.621. The molecule has 0 aliphatic carbocycles. The van der Waals surface area contributed by atoms with Crippen LogP contribution in [0.3, 0.4) is 0 Å². The van der Waals surface area contributed by atoms with Gasteiger partial charge in [-0.3, -0.25) is 0 Å². The third kappa shape index (κ3) is 2.21. The zero-order chi connectivity index (χ0) is 10.8. The van der Waals surface area contributed by atoms with Crippen LogP contribution in [0.15, 0.2) is 35.1 Å². The van der Waals surface area contributed by atoms with Crippen molar-refractivity contribution in [3.8, 4) is 11.3 Å². The fraction of sp³-hybridized carbons (Fsp3) is 0.0909. The number of halogens is 2. The second kappa shape index (κ2) is 4.06. The van der Waals surface area contributed by atoms with Crippen molar-refractivity contribution in [3.05, 3.63) is 46.6 Å². The van der Waals surface area contributed by atoms with E-state index in [1.807, 2.05) is 13.0 Å². The second-order valence-corrected chi connectivity index (χ2v) is 4.03. The van der Waals surface area contributed by atoms with Crippen molar-refractivity contribution in [2.75, 3.05) is 0 Å². The summed E-state index contributed by atoms with van der Waals surface area (Å²) in [5.74, 6) is -0.274. The van der Waals surface area contributed by atoms with Gasteiger partial charge in [0.1, 0.15) is 12.1 Å². The van der Waals surface area contributed by atoms with Gasteiger partial charge in [0.05, 0.1) is 10.2 Å². The van der Waals surface area contributed by atoms with E-state index in [2.05, 4.69) is 25.9 Å². The predicted molar refractivity (Wildman–Crippen MR) is 59.9 cm³/mol. The van der Waals surface area contributed by atoms with Crippen LogP contribution in [-0.2, 0) is 0 Å². The van der Waals surface area contributed by atoms with Gasteiger partial charge in [0, 0.05) is 11.3 Å². The topological polar surface area (TPSA) is 25.8 Å². The molecular weight excluding hydrogens is 259 g/mol. The minimum atomic E-state index is -0.274. The summed E-state index contributed by atoms with van der Waals surface area (Å²) in [6.07, 6.45) is 1.50. The maximum atomic E-state index is 13.0. The molecule has 2 nitrogen and oxygen atoms in total. The lowest BCUT2D eigenvalue weighted by Gasteiger charge is -2.02. The standard InChI is InChI=1S/C11H8BrFN2/c1-7-4-11(15-6-14-7)8-2-3-10(13)9(12)5-8/h2-6H,1H3. The van der Waals surface area contributed by atoms with E-state index in [1.165, 1.54) is 12.4 Å². The molecule has 76 valence electrons. The van der Waals surface area contributed by atoms with E-state index < -0.39 is 0 Å². The van der Waals surface area contributed by atoms with E-state index in [0.717, 1.165) is 17.0 Å². The van der Waals surface area contributed by atoms with Crippen LogP contribution >= 0.6 is 15.9 Å². The molecule has 0 bridgehead atoms. The molecule has 4 heteroatoms. The highest BCUT2D eigenvalue weighted by Crippen LogP contribution is 2.23. The van der Waals surface area contributed by atoms with E-state index in [-0.39, 0.29) is 5.82 Å². The van der Waals surface area contributed by atoms with Crippen LogP contribution < -0.4 is 0 Å². The molecule has 0 atom stereocenters. The number of benzene rings is 1. The van der Waals surface area contributed by atoms with Crippen LogP contribution in [0.25, 0.3) is 11.3 Å². The smallest absolute Gasteiger partial charge is 0.137 e. The first-order valence-corrected chi connectivity index (χ1v) is 5.20. The molecule has 2 rings (SSSR count).